The Labute approximate surface area is 173 Å². The lowest BCUT2D eigenvalue weighted by atomic mass is 10.1. The van der Waals surface area contributed by atoms with Gasteiger partial charge in [0.05, 0.1) is 39.7 Å². The molecule has 3 rings (SSSR count). The minimum atomic E-state index is -0.625. The molecule has 30 heavy (non-hydrogen) atoms. The molecule has 1 amide bonds. The van der Waals surface area contributed by atoms with E-state index >= 15 is 0 Å². The summed E-state index contributed by atoms with van der Waals surface area (Å²) in [6.45, 7) is 0. The van der Waals surface area contributed by atoms with Crippen LogP contribution < -0.4 is 19.5 Å². The molecule has 0 aliphatic rings. The monoisotopic (exact) mass is 411 g/mol. The average molecular weight is 411 g/mol. The number of furan rings is 1. The van der Waals surface area contributed by atoms with Gasteiger partial charge in [0.1, 0.15) is 5.76 Å². The predicted molar refractivity (Wildman–Crippen MR) is 111 cm³/mol. The fourth-order valence-electron chi connectivity index (χ4n) is 2.89. The van der Waals surface area contributed by atoms with E-state index in [4.69, 9.17) is 23.4 Å². The van der Waals surface area contributed by atoms with Crippen LogP contribution in [0, 0.1) is 0 Å². The van der Waals surface area contributed by atoms with Crippen LogP contribution in [-0.2, 0) is 9.53 Å². The number of fused-ring (bicyclic) bond motifs is 1. The van der Waals surface area contributed by atoms with E-state index in [-0.39, 0.29) is 11.3 Å². The Hall–Kier alpha value is -3.94. The number of carbonyl (C=O) groups is 2. The molecule has 0 spiro atoms. The van der Waals surface area contributed by atoms with Gasteiger partial charge >= 0.3 is 5.97 Å². The second kappa shape index (κ2) is 9.04. The van der Waals surface area contributed by atoms with Gasteiger partial charge in [-0.25, -0.2) is 4.79 Å². The SMILES string of the molecule is COC(=O)c1cc(OC)c(OC)cc1NC(=O)/C=C/c1cc2cccc(OC)c2o1. The van der Waals surface area contributed by atoms with E-state index in [2.05, 4.69) is 5.32 Å². The Balaban J connectivity index is 1.86. The van der Waals surface area contributed by atoms with Crippen LogP contribution in [0.4, 0.5) is 5.69 Å². The molecule has 1 N–H and O–H groups in total. The number of rotatable bonds is 7. The molecule has 0 fully saturated rings. The predicted octanol–water partition coefficient (Wildman–Crippen LogP) is 3.90. The molecule has 0 unspecified atom stereocenters. The van der Waals surface area contributed by atoms with Gasteiger partial charge in [0, 0.05) is 23.6 Å². The number of ether oxygens (including phenoxy) is 4. The van der Waals surface area contributed by atoms with Gasteiger partial charge in [-0.1, -0.05) is 12.1 Å². The normalized spacial score (nSPS) is 10.8. The Morgan fingerprint density at radius 3 is 2.30 bits per heavy atom. The zero-order valence-corrected chi connectivity index (χ0v) is 17.0. The van der Waals surface area contributed by atoms with E-state index in [1.165, 1.54) is 45.6 Å². The largest absolute Gasteiger partial charge is 0.493 e. The molecule has 0 aliphatic carbocycles. The van der Waals surface area contributed by atoms with Crippen LogP contribution in [0.15, 0.2) is 46.9 Å². The number of anilines is 1. The summed E-state index contributed by atoms with van der Waals surface area (Å²) in [5.41, 5.74) is 0.943. The first-order valence-electron chi connectivity index (χ1n) is 8.90. The van der Waals surface area contributed by atoms with Crippen LogP contribution in [0.2, 0.25) is 0 Å². The van der Waals surface area contributed by atoms with Crippen molar-refractivity contribution >= 4 is 34.6 Å². The first-order valence-corrected chi connectivity index (χ1v) is 8.90. The number of methoxy groups -OCH3 is 4. The molecule has 2 aromatic carbocycles. The molecular formula is C22H21NO7. The van der Waals surface area contributed by atoms with Crippen molar-refractivity contribution in [3.63, 3.8) is 0 Å². The highest BCUT2D eigenvalue weighted by atomic mass is 16.5. The number of para-hydroxylation sites is 1. The van der Waals surface area contributed by atoms with E-state index in [9.17, 15) is 9.59 Å². The fourth-order valence-corrected chi connectivity index (χ4v) is 2.89. The Morgan fingerprint density at radius 1 is 0.933 bits per heavy atom. The van der Waals surface area contributed by atoms with Crippen LogP contribution >= 0.6 is 0 Å². The highest BCUT2D eigenvalue weighted by Crippen LogP contribution is 2.34. The summed E-state index contributed by atoms with van der Waals surface area (Å²) in [7, 11) is 5.71. The summed E-state index contributed by atoms with van der Waals surface area (Å²) in [5, 5.41) is 3.50. The van der Waals surface area contributed by atoms with Crippen molar-refractivity contribution in [2.24, 2.45) is 0 Å². The Morgan fingerprint density at radius 2 is 1.63 bits per heavy atom. The molecule has 0 saturated heterocycles. The van der Waals surface area contributed by atoms with Gasteiger partial charge in [0.25, 0.3) is 0 Å². The van der Waals surface area contributed by atoms with Crippen LogP contribution in [0.1, 0.15) is 16.1 Å². The van der Waals surface area contributed by atoms with Crippen LogP contribution in [-0.4, -0.2) is 40.3 Å². The summed E-state index contributed by atoms with van der Waals surface area (Å²) in [5.74, 6) is 0.672. The van der Waals surface area contributed by atoms with Crippen molar-refractivity contribution < 1.29 is 33.0 Å². The van der Waals surface area contributed by atoms with Gasteiger partial charge < -0.3 is 28.7 Å². The summed E-state index contributed by atoms with van der Waals surface area (Å²) in [6.07, 6.45) is 2.81. The maximum absolute atomic E-state index is 12.5. The van der Waals surface area contributed by atoms with Crippen molar-refractivity contribution in [1.82, 2.24) is 0 Å². The maximum atomic E-state index is 12.5. The highest BCUT2D eigenvalue weighted by molar-refractivity contribution is 6.07. The molecule has 0 saturated carbocycles. The average Bonchev–Trinajstić information content (AvgIpc) is 3.20. The zero-order chi connectivity index (χ0) is 21.7. The van der Waals surface area contributed by atoms with E-state index < -0.39 is 11.9 Å². The number of hydrogen-bond donors (Lipinski definition) is 1. The second-order valence-corrected chi connectivity index (χ2v) is 6.09. The van der Waals surface area contributed by atoms with Crippen LogP contribution in [0.5, 0.6) is 17.2 Å². The topological polar surface area (TPSA) is 96.2 Å². The lowest BCUT2D eigenvalue weighted by Gasteiger charge is -2.13. The quantitative estimate of drug-likeness (QED) is 0.465. The second-order valence-electron chi connectivity index (χ2n) is 6.09. The van der Waals surface area contributed by atoms with Gasteiger partial charge in [-0.15, -0.1) is 0 Å². The van der Waals surface area contributed by atoms with E-state index in [1.54, 1.807) is 19.2 Å². The van der Waals surface area contributed by atoms with Gasteiger partial charge in [-0.2, -0.15) is 0 Å². The van der Waals surface area contributed by atoms with E-state index in [0.29, 0.717) is 28.6 Å². The standard InChI is InChI=1S/C22H21NO7/c1-26-17-7-5-6-13-10-14(30-21(13)17)8-9-20(24)23-16-12-19(28-3)18(27-2)11-15(16)22(25)29-4/h5-12H,1-4H3,(H,23,24)/b9-8+. The number of esters is 1. The zero-order valence-electron chi connectivity index (χ0n) is 17.0. The van der Waals surface area contributed by atoms with Crippen molar-refractivity contribution in [2.45, 2.75) is 0 Å². The summed E-state index contributed by atoms with van der Waals surface area (Å²) >= 11 is 0. The van der Waals surface area contributed by atoms with Crippen molar-refractivity contribution in [2.75, 3.05) is 33.8 Å². The van der Waals surface area contributed by atoms with Crippen molar-refractivity contribution in [3.8, 4) is 17.2 Å². The summed E-state index contributed by atoms with van der Waals surface area (Å²) in [4.78, 5) is 24.6. The Bertz CT molecular complexity index is 1110. The third-order valence-electron chi connectivity index (χ3n) is 4.33. The molecule has 8 nitrogen and oxygen atoms in total. The third kappa shape index (κ3) is 4.22. The summed E-state index contributed by atoms with van der Waals surface area (Å²) < 4.78 is 26.2. The van der Waals surface area contributed by atoms with E-state index in [0.717, 1.165) is 5.39 Å². The Kier molecular flexibility index (Phi) is 6.26. The highest BCUT2D eigenvalue weighted by Gasteiger charge is 2.18. The number of amides is 1. The molecule has 1 heterocycles. The van der Waals surface area contributed by atoms with Gasteiger partial charge in [0.2, 0.25) is 5.91 Å². The van der Waals surface area contributed by atoms with Gasteiger partial charge in [-0.3, -0.25) is 4.79 Å². The van der Waals surface area contributed by atoms with Crippen molar-refractivity contribution in [3.05, 3.63) is 53.8 Å². The number of carbonyl (C=O) groups excluding carboxylic acids is 2. The molecule has 0 radical (unpaired) electrons. The molecular weight excluding hydrogens is 390 g/mol. The first-order chi connectivity index (χ1) is 14.5. The number of hydrogen-bond acceptors (Lipinski definition) is 7. The molecule has 8 heteroatoms. The minimum absolute atomic E-state index is 0.130. The van der Waals surface area contributed by atoms with Gasteiger partial charge in [-0.05, 0) is 18.2 Å². The number of nitrogens with one attached hydrogen (secondary N) is 1. The molecule has 156 valence electrons. The minimum Gasteiger partial charge on any atom is -0.493 e. The number of benzene rings is 2. The first kappa shape index (κ1) is 20.8. The fraction of sp³-hybridized carbons (Fsp3) is 0.182. The maximum Gasteiger partial charge on any atom is 0.340 e. The smallest absolute Gasteiger partial charge is 0.340 e. The molecule has 3 aromatic rings. The lowest BCUT2D eigenvalue weighted by molar-refractivity contribution is -0.111. The van der Waals surface area contributed by atoms with Crippen LogP contribution in [0.3, 0.4) is 0 Å². The molecule has 0 atom stereocenters. The van der Waals surface area contributed by atoms with Crippen LogP contribution in [0.25, 0.3) is 17.0 Å². The summed E-state index contributed by atoms with van der Waals surface area (Å²) in [6, 6.07) is 10.2. The molecule has 0 aliphatic heterocycles. The van der Waals surface area contributed by atoms with Crippen molar-refractivity contribution in [1.29, 1.82) is 0 Å². The lowest BCUT2D eigenvalue weighted by Crippen LogP contribution is -2.13. The molecule has 0 bridgehead atoms. The van der Waals surface area contributed by atoms with Gasteiger partial charge in [0.15, 0.2) is 22.8 Å². The third-order valence-corrected chi connectivity index (χ3v) is 4.33. The molecule has 1 aromatic heterocycles. The van der Waals surface area contributed by atoms with E-state index in [1.807, 2.05) is 12.1 Å².